The Kier molecular flexibility index (Phi) is 3.86. The maximum absolute atomic E-state index is 13.3. The molecule has 24 heavy (non-hydrogen) atoms. The Balaban J connectivity index is 1.63. The molecule has 0 bridgehead atoms. The molecular weight excluding hydrogens is 309 g/mol. The van der Waals surface area contributed by atoms with Crippen molar-refractivity contribution in [1.82, 2.24) is 19.9 Å². The number of H-pyrrole nitrogens is 1. The minimum atomic E-state index is -0.219. The van der Waals surface area contributed by atoms with Crippen molar-refractivity contribution in [3.8, 4) is 0 Å². The first-order valence-corrected chi connectivity index (χ1v) is 7.99. The van der Waals surface area contributed by atoms with E-state index < -0.39 is 0 Å². The van der Waals surface area contributed by atoms with E-state index in [1.165, 1.54) is 18.5 Å². The molecule has 0 amide bonds. The van der Waals surface area contributed by atoms with Gasteiger partial charge in [-0.2, -0.15) is 0 Å². The molecule has 3 heterocycles. The second-order valence-corrected chi connectivity index (χ2v) is 6.08. The van der Waals surface area contributed by atoms with Crippen LogP contribution < -0.4 is 5.32 Å². The monoisotopic (exact) mass is 327 g/mol. The number of fused-ring (bicyclic) bond motifs is 1. The van der Waals surface area contributed by atoms with Crippen LogP contribution in [0.5, 0.6) is 0 Å². The molecular formula is C17H18FN5O. The molecule has 1 fully saturated rings. The first kappa shape index (κ1) is 15.0. The molecule has 0 unspecified atom stereocenters. The molecule has 3 aromatic rings. The van der Waals surface area contributed by atoms with Gasteiger partial charge in [-0.3, -0.25) is 0 Å². The van der Waals surface area contributed by atoms with Crippen molar-refractivity contribution in [1.29, 1.82) is 0 Å². The van der Waals surface area contributed by atoms with Crippen LogP contribution >= 0.6 is 0 Å². The van der Waals surface area contributed by atoms with E-state index in [0.717, 1.165) is 29.7 Å². The zero-order valence-electron chi connectivity index (χ0n) is 13.1. The van der Waals surface area contributed by atoms with Crippen molar-refractivity contribution in [2.75, 3.05) is 25.1 Å². The molecule has 1 aromatic carbocycles. The molecule has 1 aliphatic rings. The van der Waals surface area contributed by atoms with Crippen molar-refractivity contribution in [3.63, 3.8) is 0 Å². The summed E-state index contributed by atoms with van der Waals surface area (Å²) in [6, 6.07) is 6.77. The lowest BCUT2D eigenvalue weighted by Crippen LogP contribution is -2.40. The quantitative estimate of drug-likeness (QED) is 0.770. The van der Waals surface area contributed by atoms with E-state index in [1.54, 1.807) is 6.33 Å². The fraction of sp³-hybridized carbons (Fsp3) is 0.353. The predicted octanol–water partition coefficient (Wildman–Crippen LogP) is 2.65. The van der Waals surface area contributed by atoms with Crippen molar-refractivity contribution >= 4 is 17.0 Å². The number of anilines is 1. The summed E-state index contributed by atoms with van der Waals surface area (Å²) in [5.74, 6) is 0.509. The predicted molar refractivity (Wildman–Crippen MR) is 88.3 cm³/mol. The number of benzene rings is 1. The first-order valence-electron chi connectivity index (χ1n) is 7.99. The third-order valence-corrected chi connectivity index (χ3v) is 4.72. The zero-order chi connectivity index (χ0) is 16.4. The van der Waals surface area contributed by atoms with Crippen molar-refractivity contribution < 1.29 is 9.13 Å². The van der Waals surface area contributed by atoms with Crippen LogP contribution in [0.4, 0.5) is 10.2 Å². The van der Waals surface area contributed by atoms with Crippen LogP contribution in [0.15, 0.2) is 36.9 Å². The normalized spacial score (nSPS) is 17.0. The summed E-state index contributed by atoms with van der Waals surface area (Å²) in [4.78, 5) is 15.7. The van der Waals surface area contributed by atoms with E-state index in [0.29, 0.717) is 25.4 Å². The lowest BCUT2D eigenvalue weighted by Gasteiger charge is -2.38. The topological polar surface area (TPSA) is 75.7 Å². The van der Waals surface area contributed by atoms with E-state index >= 15 is 0 Å². The van der Waals surface area contributed by atoms with E-state index in [9.17, 15) is 4.39 Å². The smallest absolute Gasteiger partial charge is 0.182 e. The van der Waals surface area contributed by atoms with Crippen LogP contribution in [0.3, 0.4) is 0 Å². The Morgan fingerprint density at radius 2 is 1.92 bits per heavy atom. The van der Waals surface area contributed by atoms with Crippen molar-refractivity contribution in [2.24, 2.45) is 0 Å². The molecule has 0 aliphatic carbocycles. The summed E-state index contributed by atoms with van der Waals surface area (Å²) < 4.78 is 18.8. The van der Waals surface area contributed by atoms with Crippen LogP contribution in [-0.2, 0) is 10.2 Å². The largest absolute Gasteiger partial charge is 0.381 e. The zero-order valence-corrected chi connectivity index (χ0v) is 13.1. The third kappa shape index (κ3) is 2.71. The third-order valence-electron chi connectivity index (χ3n) is 4.72. The molecule has 0 saturated carbocycles. The summed E-state index contributed by atoms with van der Waals surface area (Å²) in [7, 11) is 0. The molecule has 124 valence electrons. The van der Waals surface area contributed by atoms with Crippen LogP contribution in [0, 0.1) is 5.82 Å². The van der Waals surface area contributed by atoms with Gasteiger partial charge in [-0.1, -0.05) is 12.1 Å². The maximum Gasteiger partial charge on any atom is 0.182 e. The summed E-state index contributed by atoms with van der Waals surface area (Å²) in [5.41, 5.74) is 2.44. The van der Waals surface area contributed by atoms with Gasteiger partial charge >= 0.3 is 0 Å². The Morgan fingerprint density at radius 3 is 2.71 bits per heavy atom. The van der Waals surface area contributed by atoms with Gasteiger partial charge in [0.25, 0.3) is 0 Å². The van der Waals surface area contributed by atoms with E-state index in [1.807, 2.05) is 12.1 Å². The minimum absolute atomic E-state index is 0.108. The van der Waals surface area contributed by atoms with E-state index in [2.05, 4.69) is 25.3 Å². The molecule has 1 aliphatic heterocycles. The van der Waals surface area contributed by atoms with Gasteiger partial charge in [0.05, 0.1) is 6.33 Å². The lowest BCUT2D eigenvalue weighted by atomic mass is 9.74. The van der Waals surface area contributed by atoms with Gasteiger partial charge in [0.1, 0.15) is 17.7 Å². The number of nitrogens with one attached hydrogen (secondary N) is 2. The van der Waals surface area contributed by atoms with E-state index in [-0.39, 0.29) is 11.2 Å². The molecule has 0 atom stereocenters. The summed E-state index contributed by atoms with van der Waals surface area (Å²) in [6.07, 6.45) is 4.86. The second kappa shape index (κ2) is 6.16. The Morgan fingerprint density at radius 1 is 1.12 bits per heavy atom. The number of imidazole rings is 1. The number of rotatable bonds is 4. The average Bonchev–Trinajstić information content (AvgIpc) is 3.10. The number of aromatic nitrogens is 4. The van der Waals surface area contributed by atoms with Gasteiger partial charge < -0.3 is 15.0 Å². The van der Waals surface area contributed by atoms with Crippen LogP contribution in [0.25, 0.3) is 11.2 Å². The highest BCUT2D eigenvalue weighted by Crippen LogP contribution is 2.35. The molecule has 6 nitrogen and oxygen atoms in total. The molecule has 0 radical (unpaired) electrons. The van der Waals surface area contributed by atoms with Crippen LogP contribution in [0.1, 0.15) is 18.4 Å². The van der Waals surface area contributed by atoms with Crippen LogP contribution in [0.2, 0.25) is 0 Å². The molecule has 4 rings (SSSR count). The number of hydrogen-bond donors (Lipinski definition) is 2. The highest BCUT2D eigenvalue weighted by atomic mass is 19.1. The van der Waals surface area contributed by atoms with E-state index in [4.69, 9.17) is 4.74 Å². The first-order chi connectivity index (χ1) is 11.8. The Labute approximate surface area is 138 Å². The fourth-order valence-electron chi connectivity index (χ4n) is 3.29. The maximum atomic E-state index is 13.3. The lowest BCUT2D eigenvalue weighted by molar-refractivity contribution is 0.0543. The summed E-state index contributed by atoms with van der Waals surface area (Å²) in [6.45, 7) is 2.08. The highest BCUT2D eigenvalue weighted by Gasteiger charge is 2.34. The summed E-state index contributed by atoms with van der Waals surface area (Å²) >= 11 is 0. The van der Waals surface area contributed by atoms with Gasteiger partial charge in [0.2, 0.25) is 0 Å². The Hall–Kier alpha value is -2.54. The Bertz CT molecular complexity index is 826. The minimum Gasteiger partial charge on any atom is -0.381 e. The second-order valence-electron chi connectivity index (χ2n) is 6.08. The number of ether oxygens (including phenoxy) is 1. The van der Waals surface area contributed by atoms with Gasteiger partial charge in [-0.05, 0) is 30.5 Å². The number of nitrogens with zero attached hydrogens (tertiary/aromatic N) is 3. The SMILES string of the molecule is Fc1ccc(C2(CNc3ncnc4nc[nH]c34)CCOCC2)cc1. The van der Waals surface area contributed by atoms with Gasteiger partial charge in [0.15, 0.2) is 11.5 Å². The molecule has 1 saturated heterocycles. The molecule has 0 spiro atoms. The average molecular weight is 327 g/mol. The molecule has 7 heteroatoms. The van der Waals surface area contributed by atoms with Crippen molar-refractivity contribution in [2.45, 2.75) is 18.3 Å². The van der Waals surface area contributed by atoms with Gasteiger partial charge in [-0.25, -0.2) is 19.3 Å². The highest BCUT2D eigenvalue weighted by molar-refractivity contribution is 5.81. The number of aromatic amines is 1. The van der Waals surface area contributed by atoms with Crippen molar-refractivity contribution in [3.05, 3.63) is 48.3 Å². The van der Waals surface area contributed by atoms with Crippen LogP contribution in [-0.4, -0.2) is 39.7 Å². The molecule has 2 aromatic heterocycles. The summed E-state index contributed by atoms with van der Waals surface area (Å²) in [5, 5.41) is 3.43. The number of hydrogen-bond acceptors (Lipinski definition) is 5. The van der Waals surface area contributed by atoms with Gasteiger partial charge in [0, 0.05) is 25.2 Å². The standard InChI is InChI=1S/C17H18FN5O/c18-13-3-1-12(2-4-13)17(5-7-24-8-6-17)9-19-15-14-16(21-10-20-14)23-11-22-15/h1-4,10-11H,5-9H2,(H2,19,20,21,22,23). The number of halogens is 1. The van der Waals surface area contributed by atoms with Gasteiger partial charge in [-0.15, -0.1) is 0 Å². The fourth-order valence-corrected chi connectivity index (χ4v) is 3.29. The molecule has 2 N–H and O–H groups in total.